The first-order valence-corrected chi connectivity index (χ1v) is 9.11. The summed E-state index contributed by atoms with van der Waals surface area (Å²) in [6.45, 7) is -0.0123. The molecule has 0 atom stereocenters. The van der Waals surface area contributed by atoms with Crippen LogP contribution in [-0.4, -0.2) is 24.5 Å². The lowest BCUT2D eigenvalue weighted by Gasteiger charge is -2.29. The minimum Gasteiger partial charge on any atom is -0.482 e. The molecule has 0 aromatic heterocycles. The van der Waals surface area contributed by atoms with Gasteiger partial charge in [0, 0.05) is 11.6 Å². The normalized spacial score (nSPS) is 21.9. The van der Waals surface area contributed by atoms with Crippen LogP contribution in [0.3, 0.4) is 0 Å². The molecule has 0 unspecified atom stereocenters. The minimum atomic E-state index is -0.176. The van der Waals surface area contributed by atoms with Crippen LogP contribution in [0, 0.1) is 0 Å². The van der Waals surface area contributed by atoms with E-state index in [9.17, 15) is 9.59 Å². The molecule has 2 aliphatic rings. The van der Waals surface area contributed by atoms with Gasteiger partial charge in [-0.25, -0.2) is 0 Å². The fourth-order valence-electron chi connectivity index (χ4n) is 3.78. The van der Waals surface area contributed by atoms with Crippen LogP contribution >= 0.6 is 0 Å². The SMILES string of the molecule is O=C1COc2cc(C(=O)NC3CCC(c4ccccc4)CC3)ccc2N1. The molecule has 0 radical (unpaired) electrons. The van der Waals surface area contributed by atoms with E-state index in [0.717, 1.165) is 25.7 Å². The molecule has 5 nitrogen and oxygen atoms in total. The first-order chi connectivity index (χ1) is 12.7. The fraction of sp³-hybridized carbons (Fsp3) is 0.333. The Bertz CT molecular complexity index is 811. The molecule has 0 bridgehead atoms. The molecule has 0 spiro atoms. The predicted molar refractivity (Wildman–Crippen MR) is 99.5 cm³/mol. The summed E-state index contributed by atoms with van der Waals surface area (Å²) < 4.78 is 5.39. The number of nitrogens with one attached hydrogen (secondary N) is 2. The number of ether oxygens (including phenoxy) is 1. The van der Waals surface area contributed by atoms with Crippen molar-refractivity contribution in [1.82, 2.24) is 5.32 Å². The second kappa shape index (κ2) is 7.20. The molecule has 2 amide bonds. The maximum absolute atomic E-state index is 12.6. The molecule has 2 aromatic carbocycles. The van der Waals surface area contributed by atoms with Crippen molar-refractivity contribution in [3.05, 3.63) is 59.7 Å². The predicted octanol–water partition coefficient (Wildman–Crippen LogP) is 3.47. The quantitative estimate of drug-likeness (QED) is 0.891. The van der Waals surface area contributed by atoms with E-state index < -0.39 is 0 Å². The van der Waals surface area contributed by atoms with E-state index >= 15 is 0 Å². The number of carbonyl (C=O) groups excluding carboxylic acids is 2. The number of hydrogen-bond donors (Lipinski definition) is 2. The molecule has 2 N–H and O–H groups in total. The van der Waals surface area contributed by atoms with Crippen molar-refractivity contribution in [2.45, 2.75) is 37.6 Å². The topological polar surface area (TPSA) is 67.4 Å². The molecule has 2 aromatic rings. The summed E-state index contributed by atoms with van der Waals surface area (Å²) in [5, 5.41) is 5.87. The van der Waals surface area contributed by atoms with Gasteiger partial charge in [-0.1, -0.05) is 30.3 Å². The number of anilines is 1. The van der Waals surface area contributed by atoms with Crippen molar-refractivity contribution in [1.29, 1.82) is 0 Å². The maximum Gasteiger partial charge on any atom is 0.262 e. The average molecular weight is 350 g/mol. The second-order valence-electron chi connectivity index (χ2n) is 6.98. The van der Waals surface area contributed by atoms with Crippen LogP contribution in [0.2, 0.25) is 0 Å². The van der Waals surface area contributed by atoms with E-state index in [0.29, 0.717) is 22.9 Å². The Balaban J connectivity index is 1.35. The number of hydrogen-bond acceptors (Lipinski definition) is 3. The van der Waals surface area contributed by atoms with Crippen LogP contribution in [0.15, 0.2) is 48.5 Å². The largest absolute Gasteiger partial charge is 0.482 e. The fourth-order valence-corrected chi connectivity index (χ4v) is 3.78. The molecule has 1 aliphatic heterocycles. The molecule has 1 heterocycles. The van der Waals surface area contributed by atoms with Gasteiger partial charge in [-0.2, -0.15) is 0 Å². The van der Waals surface area contributed by atoms with Crippen molar-refractivity contribution >= 4 is 17.5 Å². The molecule has 1 fully saturated rings. The number of fused-ring (bicyclic) bond motifs is 1. The van der Waals surface area contributed by atoms with Crippen molar-refractivity contribution in [3.8, 4) is 5.75 Å². The molecule has 134 valence electrons. The van der Waals surface area contributed by atoms with E-state index in [-0.39, 0.29) is 24.5 Å². The standard InChI is InChI=1S/C21H22N2O3/c24-20-13-26-19-12-16(8-11-18(19)23-20)21(25)22-17-9-6-15(7-10-17)14-4-2-1-3-5-14/h1-5,8,11-12,15,17H,6-7,9-10,13H2,(H,22,25)(H,23,24). The highest BCUT2D eigenvalue weighted by molar-refractivity contribution is 5.99. The zero-order valence-electron chi connectivity index (χ0n) is 14.5. The number of amides is 2. The Morgan fingerprint density at radius 3 is 2.58 bits per heavy atom. The van der Waals surface area contributed by atoms with Crippen LogP contribution < -0.4 is 15.4 Å². The highest BCUT2D eigenvalue weighted by atomic mass is 16.5. The summed E-state index contributed by atoms with van der Waals surface area (Å²) in [5.41, 5.74) is 2.57. The van der Waals surface area contributed by atoms with Gasteiger partial charge >= 0.3 is 0 Å². The van der Waals surface area contributed by atoms with Crippen molar-refractivity contribution in [2.24, 2.45) is 0 Å². The van der Waals surface area contributed by atoms with Crippen LogP contribution in [0.1, 0.15) is 47.5 Å². The lowest BCUT2D eigenvalue weighted by atomic mass is 9.82. The number of benzene rings is 2. The second-order valence-corrected chi connectivity index (χ2v) is 6.98. The van der Waals surface area contributed by atoms with Gasteiger partial charge in [-0.05, 0) is 55.4 Å². The Labute approximate surface area is 152 Å². The lowest BCUT2D eigenvalue weighted by Crippen LogP contribution is -2.37. The summed E-state index contributed by atoms with van der Waals surface area (Å²) in [6, 6.07) is 15.9. The molecular weight excluding hydrogens is 328 g/mol. The highest BCUT2D eigenvalue weighted by Gasteiger charge is 2.24. The van der Waals surface area contributed by atoms with Gasteiger partial charge in [0.1, 0.15) is 5.75 Å². The van der Waals surface area contributed by atoms with Gasteiger partial charge in [0.2, 0.25) is 0 Å². The number of rotatable bonds is 3. The monoisotopic (exact) mass is 350 g/mol. The summed E-state index contributed by atoms with van der Waals surface area (Å²) in [4.78, 5) is 23.9. The van der Waals surface area contributed by atoms with Crippen molar-refractivity contribution in [3.63, 3.8) is 0 Å². The summed E-state index contributed by atoms with van der Waals surface area (Å²) in [7, 11) is 0. The summed E-state index contributed by atoms with van der Waals surface area (Å²) in [5.74, 6) is 0.872. The van der Waals surface area contributed by atoms with Crippen LogP contribution in [-0.2, 0) is 4.79 Å². The minimum absolute atomic E-state index is 0.0123. The van der Waals surface area contributed by atoms with E-state index in [2.05, 4.69) is 34.9 Å². The first-order valence-electron chi connectivity index (χ1n) is 9.11. The molecule has 1 aliphatic carbocycles. The van der Waals surface area contributed by atoms with E-state index in [4.69, 9.17) is 4.74 Å². The zero-order valence-corrected chi connectivity index (χ0v) is 14.5. The lowest BCUT2D eigenvalue weighted by molar-refractivity contribution is -0.118. The molecule has 4 rings (SSSR count). The zero-order chi connectivity index (χ0) is 17.9. The van der Waals surface area contributed by atoms with Crippen LogP contribution in [0.5, 0.6) is 5.75 Å². The van der Waals surface area contributed by atoms with E-state index in [1.165, 1.54) is 5.56 Å². The van der Waals surface area contributed by atoms with Gasteiger partial charge in [-0.15, -0.1) is 0 Å². The third-order valence-corrected chi connectivity index (χ3v) is 5.21. The van der Waals surface area contributed by atoms with E-state index in [1.807, 2.05) is 6.07 Å². The summed E-state index contributed by atoms with van der Waals surface area (Å²) >= 11 is 0. The van der Waals surface area contributed by atoms with Gasteiger partial charge < -0.3 is 15.4 Å². The number of carbonyl (C=O) groups is 2. The van der Waals surface area contributed by atoms with Gasteiger partial charge in [0.25, 0.3) is 11.8 Å². The molecular formula is C21H22N2O3. The third kappa shape index (κ3) is 3.57. The third-order valence-electron chi connectivity index (χ3n) is 5.21. The Kier molecular flexibility index (Phi) is 4.61. The van der Waals surface area contributed by atoms with E-state index in [1.54, 1.807) is 18.2 Å². The molecule has 26 heavy (non-hydrogen) atoms. The Morgan fingerprint density at radius 1 is 1.04 bits per heavy atom. The molecule has 0 saturated heterocycles. The van der Waals surface area contributed by atoms with Crippen molar-refractivity contribution in [2.75, 3.05) is 11.9 Å². The van der Waals surface area contributed by atoms with Crippen LogP contribution in [0.25, 0.3) is 0 Å². The van der Waals surface area contributed by atoms with Crippen molar-refractivity contribution < 1.29 is 14.3 Å². The smallest absolute Gasteiger partial charge is 0.262 e. The first kappa shape index (κ1) is 16.6. The van der Waals surface area contributed by atoms with Gasteiger partial charge in [0.15, 0.2) is 6.61 Å². The Morgan fingerprint density at radius 2 is 1.81 bits per heavy atom. The van der Waals surface area contributed by atoms with Gasteiger partial charge in [-0.3, -0.25) is 9.59 Å². The Hall–Kier alpha value is -2.82. The maximum atomic E-state index is 12.6. The van der Waals surface area contributed by atoms with Crippen LogP contribution in [0.4, 0.5) is 5.69 Å². The highest BCUT2D eigenvalue weighted by Crippen LogP contribution is 2.33. The molecule has 1 saturated carbocycles. The summed E-state index contributed by atoms with van der Waals surface area (Å²) in [6.07, 6.45) is 4.16. The van der Waals surface area contributed by atoms with Gasteiger partial charge in [0.05, 0.1) is 5.69 Å². The average Bonchev–Trinajstić information content (AvgIpc) is 2.69. The molecule has 5 heteroatoms.